The Bertz CT molecular complexity index is 606. The molecule has 1 aromatic rings. The van der Waals surface area contributed by atoms with Crippen molar-refractivity contribution in [2.24, 2.45) is 5.41 Å². The zero-order valence-electron chi connectivity index (χ0n) is 13.7. The molecule has 1 aliphatic rings. The van der Waals surface area contributed by atoms with Gasteiger partial charge in [-0.1, -0.05) is 26.0 Å². The Kier molecular flexibility index (Phi) is 5.03. The number of carbonyl (C=O) groups excluding carboxylic acids is 3. The van der Waals surface area contributed by atoms with Crippen LogP contribution in [-0.4, -0.2) is 36.4 Å². The molecule has 2 rings (SSSR count). The van der Waals surface area contributed by atoms with Crippen LogP contribution in [0.3, 0.4) is 0 Å². The summed E-state index contributed by atoms with van der Waals surface area (Å²) in [4.78, 5) is 37.9. The number of benzene rings is 1. The summed E-state index contributed by atoms with van der Waals surface area (Å²) in [6, 6.07) is 6.82. The Hall–Kier alpha value is -2.37. The predicted molar refractivity (Wildman–Crippen MR) is 85.0 cm³/mol. The molecule has 0 aromatic heterocycles. The highest BCUT2D eigenvalue weighted by Crippen LogP contribution is 2.32. The number of hydrogen-bond donors (Lipinski definition) is 1. The number of rotatable bonds is 6. The SMILES string of the molecule is CCC1(CC)C(=O)NC(=O)N(CCc2ccc(OC)cc2)C1=O. The minimum absolute atomic E-state index is 0.242. The molecule has 124 valence electrons. The fourth-order valence-corrected chi connectivity index (χ4v) is 2.84. The van der Waals surface area contributed by atoms with Crippen molar-refractivity contribution in [2.75, 3.05) is 13.7 Å². The molecule has 1 aromatic carbocycles. The van der Waals surface area contributed by atoms with Gasteiger partial charge in [-0.15, -0.1) is 0 Å². The van der Waals surface area contributed by atoms with Crippen LogP contribution in [0.1, 0.15) is 32.3 Å². The van der Waals surface area contributed by atoms with Crippen LogP contribution in [0, 0.1) is 5.41 Å². The van der Waals surface area contributed by atoms with Gasteiger partial charge in [-0.3, -0.25) is 19.8 Å². The van der Waals surface area contributed by atoms with Gasteiger partial charge in [-0.05, 0) is 37.0 Å². The highest BCUT2D eigenvalue weighted by atomic mass is 16.5. The van der Waals surface area contributed by atoms with Crippen LogP contribution in [0.4, 0.5) is 4.79 Å². The molecular formula is C17H22N2O4. The minimum atomic E-state index is -1.13. The van der Waals surface area contributed by atoms with Gasteiger partial charge in [-0.25, -0.2) is 4.79 Å². The van der Waals surface area contributed by atoms with E-state index in [2.05, 4.69) is 5.32 Å². The summed E-state index contributed by atoms with van der Waals surface area (Å²) >= 11 is 0. The molecule has 1 N–H and O–H groups in total. The fourth-order valence-electron chi connectivity index (χ4n) is 2.84. The molecular weight excluding hydrogens is 296 g/mol. The van der Waals surface area contributed by atoms with Crippen molar-refractivity contribution in [3.05, 3.63) is 29.8 Å². The zero-order chi connectivity index (χ0) is 17.0. The first-order chi connectivity index (χ1) is 11.0. The Balaban J connectivity index is 2.12. The van der Waals surface area contributed by atoms with Crippen molar-refractivity contribution in [3.8, 4) is 5.75 Å². The third-order valence-electron chi connectivity index (χ3n) is 4.55. The molecule has 1 aliphatic heterocycles. The summed E-state index contributed by atoms with van der Waals surface area (Å²) < 4.78 is 5.10. The standard InChI is InChI=1S/C17H22N2O4/c1-4-17(5-2)14(20)18-16(22)19(15(17)21)11-10-12-6-8-13(23-3)9-7-12/h6-9H,4-5,10-11H2,1-3H3,(H,18,20,22). The van der Waals surface area contributed by atoms with Crippen LogP contribution in [-0.2, 0) is 16.0 Å². The summed E-state index contributed by atoms with van der Waals surface area (Å²) in [6.45, 7) is 3.82. The molecule has 23 heavy (non-hydrogen) atoms. The number of nitrogens with zero attached hydrogens (tertiary/aromatic N) is 1. The number of nitrogens with one attached hydrogen (secondary N) is 1. The third-order valence-corrected chi connectivity index (χ3v) is 4.55. The molecule has 0 unspecified atom stereocenters. The van der Waals surface area contributed by atoms with Gasteiger partial charge >= 0.3 is 6.03 Å². The molecule has 0 aliphatic carbocycles. The quantitative estimate of drug-likeness (QED) is 0.815. The molecule has 1 saturated heterocycles. The summed E-state index contributed by atoms with van der Waals surface area (Å²) in [5, 5.41) is 2.31. The summed E-state index contributed by atoms with van der Waals surface area (Å²) in [5.41, 5.74) is -0.143. The van der Waals surface area contributed by atoms with Crippen LogP contribution in [0.15, 0.2) is 24.3 Å². The highest BCUT2D eigenvalue weighted by molar-refractivity contribution is 6.19. The van der Waals surface area contributed by atoms with Gasteiger partial charge in [0.2, 0.25) is 11.8 Å². The van der Waals surface area contributed by atoms with E-state index >= 15 is 0 Å². The Labute approximate surface area is 135 Å². The lowest BCUT2D eigenvalue weighted by atomic mass is 9.78. The van der Waals surface area contributed by atoms with Crippen molar-refractivity contribution < 1.29 is 19.1 Å². The summed E-state index contributed by atoms with van der Waals surface area (Å²) in [6.07, 6.45) is 1.28. The second-order valence-corrected chi connectivity index (χ2v) is 5.60. The van der Waals surface area contributed by atoms with Crippen molar-refractivity contribution in [1.29, 1.82) is 0 Å². The number of ether oxygens (including phenoxy) is 1. The van der Waals surface area contributed by atoms with E-state index < -0.39 is 23.3 Å². The lowest BCUT2D eigenvalue weighted by molar-refractivity contribution is -0.152. The number of amides is 4. The fraction of sp³-hybridized carbons (Fsp3) is 0.471. The van der Waals surface area contributed by atoms with Crippen molar-refractivity contribution >= 4 is 17.8 Å². The van der Waals surface area contributed by atoms with Crippen LogP contribution >= 0.6 is 0 Å². The smallest absolute Gasteiger partial charge is 0.330 e. The molecule has 0 saturated carbocycles. The minimum Gasteiger partial charge on any atom is -0.497 e. The monoisotopic (exact) mass is 318 g/mol. The average molecular weight is 318 g/mol. The molecule has 1 fully saturated rings. The lowest BCUT2D eigenvalue weighted by Gasteiger charge is -2.38. The molecule has 0 bridgehead atoms. The first-order valence-electron chi connectivity index (χ1n) is 7.78. The number of imide groups is 2. The molecule has 6 heteroatoms. The predicted octanol–water partition coefficient (Wildman–Crippen LogP) is 2.12. The highest BCUT2D eigenvalue weighted by Gasteiger charge is 2.51. The van der Waals surface area contributed by atoms with E-state index in [4.69, 9.17) is 4.74 Å². The Morgan fingerprint density at radius 2 is 1.70 bits per heavy atom. The Morgan fingerprint density at radius 1 is 1.09 bits per heavy atom. The van der Waals surface area contributed by atoms with Crippen LogP contribution in [0.2, 0.25) is 0 Å². The van der Waals surface area contributed by atoms with E-state index in [1.807, 2.05) is 24.3 Å². The largest absolute Gasteiger partial charge is 0.497 e. The molecule has 0 atom stereocenters. The number of carbonyl (C=O) groups is 3. The van der Waals surface area contributed by atoms with Gasteiger partial charge in [0.15, 0.2) is 0 Å². The van der Waals surface area contributed by atoms with Crippen molar-refractivity contribution in [1.82, 2.24) is 10.2 Å². The number of methoxy groups -OCH3 is 1. The van der Waals surface area contributed by atoms with Gasteiger partial charge in [0.05, 0.1) is 7.11 Å². The first-order valence-corrected chi connectivity index (χ1v) is 7.78. The van der Waals surface area contributed by atoms with Gasteiger partial charge in [0, 0.05) is 6.54 Å². The van der Waals surface area contributed by atoms with Gasteiger partial charge < -0.3 is 4.74 Å². The second-order valence-electron chi connectivity index (χ2n) is 5.60. The molecule has 0 spiro atoms. The van der Waals surface area contributed by atoms with Crippen molar-refractivity contribution in [3.63, 3.8) is 0 Å². The van der Waals surface area contributed by atoms with E-state index in [1.54, 1.807) is 21.0 Å². The number of hydrogen-bond acceptors (Lipinski definition) is 4. The van der Waals surface area contributed by atoms with Gasteiger partial charge in [0.25, 0.3) is 0 Å². The maximum absolute atomic E-state index is 12.7. The van der Waals surface area contributed by atoms with E-state index in [1.165, 1.54) is 0 Å². The molecule has 1 heterocycles. The van der Waals surface area contributed by atoms with Gasteiger partial charge in [0.1, 0.15) is 11.2 Å². The van der Waals surface area contributed by atoms with E-state index in [0.29, 0.717) is 19.3 Å². The summed E-state index contributed by atoms with van der Waals surface area (Å²) in [7, 11) is 1.60. The topological polar surface area (TPSA) is 75.7 Å². The second kappa shape index (κ2) is 6.81. The van der Waals surface area contributed by atoms with E-state index in [0.717, 1.165) is 16.2 Å². The number of barbiturate groups is 1. The number of urea groups is 1. The van der Waals surface area contributed by atoms with E-state index in [9.17, 15) is 14.4 Å². The maximum Gasteiger partial charge on any atom is 0.330 e. The maximum atomic E-state index is 12.7. The Morgan fingerprint density at radius 3 is 2.22 bits per heavy atom. The first kappa shape index (κ1) is 17.0. The average Bonchev–Trinajstić information content (AvgIpc) is 2.56. The van der Waals surface area contributed by atoms with Gasteiger partial charge in [-0.2, -0.15) is 0 Å². The summed E-state index contributed by atoms with van der Waals surface area (Å²) in [5.74, 6) is -0.134. The van der Waals surface area contributed by atoms with Crippen LogP contribution in [0.5, 0.6) is 5.75 Å². The normalized spacial score (nSPS) is 17.2. The third kappa shape index (κ3) is 3.06. The molecule has 4 amide bonds. The zero-order valence-corrected chi connectivity index (χ0v) is 13.7. The van der Waals surface area contributed by atoms with Crippen LogP contribution < -0.4 is 10.1 Å². The molecule has 6 nitrogen and oxygen atoms in total. The lowest BCUT2D eigenvalue weighted by Crippen LogP contribution is -2.63. The molecule has 0 radical (unpaired) electrons. The van der Waals surface area contributed by atoms with E-state index in [-0.39, 0.29) is 6.54 Å². The van der Waals surface area contributed by atoms with Crippen LogP contribution in [0.25, 0.3) is 0 Å². The van der Waals surface area contributed by atoms with Crippen molar-refractivity contribution in [2.45, 2.75) is 33.1 Å².